The van der Waals surface area contributed by atoms with Crippen LogP contribution in [-0.4, -0.2) is 29.4 Å². The molecule has 0 spiro atoms. The van der Waals surface area contributed by atoms with Crippen LogP contribution < -0.4 is 5.73 Å². The molecule has 0 aromatic rings. The summed E-state index contributed by atoms with van der Waals surface area (Å²) in [6.07, 6.45) is 5.62. The van der Waals surface area contributed by atoms with Gasteiger partial charge in [0.25, 0.3) is 0 Å². The minimum absolute atomic E-state index is 0. The lowest BCUT2D eigenvalue weighted by atomic mass is 10.1. The molecule has 1 unspecified atom stereocenters. The number of rotatable bonds is 8. The van der Waals surface area contributed by atoms with Gasteiger partial charge in [0.2, 0.25) is 5.91 Å². The quantitative estimate of drug-likeness (QED) is 0.685. The van der Waals surface area contributed by atoms with Crippen molar-refractivity contribution in [3.05, 3.63) is 0 Å². The fourth-order valence-corrected chi connectivity index (χ4v) is 1.92. The van der Waals surface area contributed by atoms with Crippen LogP contribution in [0.5, 0.6) is 0 Å². The summed E-state index contributed by atoms with van der Waals surface area (Å²) in [5.41, 5.74) is 5.68. The second-order valence-electron chi connectivity index (χ2n) is 4.67. The van der Waals surface area contributed by atoms with Crippen LogP contribution in [0.2, 0.25) is 0 Å². The third-order valence-electron chi connectivity index (χ3n) is 2.91. The highest BCUT2D eigenvalue weighted by molar-refractivity contribution is 5.85. The number of amides is 1. The Labute approximate surface area is 113 Å². The molecule has 2 atom stereocenters. The standard InChI is InChI=1S/C13H28N2O.ClH/c1-5-7-8-10-15(11(3)9-6-2)13(16)12(4)14;/h11-12H,5-10,14H2,1-4H3;1H/t11?,12-;/m0./s1. The van der Waals surface area contributed by atoms with Gasteiger partial charge in [0.05, 0.1) is 6.04 Å². The summed E-state index contributed by atoms with van der Waals surface area (Å²) in [5, 5.41) is 0. The molecule has 0 saturated heterocycles. The molecule has 0 aliphatic rings. The summed E-state index contributed by atoms with van der Waals surface area (Å²) in [7, 11) is 0. The predicted molar refractivity (Wildman–Crippen MR) is 76.5 cm³/mol. The summed E-state index contributed by atoms with van der Waals surface area (Å²) in [6, 6.07) is -0.0544. The topological polar surface area (TPSA) is 46.3 Å². The zero-order chi connectivity index (χ0) is 12.6. The van der Waals surface area contributed by atoms with Gasteiger partial charge in [-0.2, -0.15) is 0 Å². The first kappa shape index (κ1) is 19.1. The zero-order valence-corrected chi connectivity index (χ0v) is 12.6. The van der Waals surface area contributed by atoms with E-state index in [0.717, 1.165) is 25.8 Å². The van der Waals surface area contributed by atoms with Gasteiger partial charge in [-0.1, -0.05) is 33.1 Å². The van der Waals surface area contributed by atoms with Gasteiger partial charge in [-0.15, -0.1) is 12.4 Å². The van der Waals surface area contributed by atoms with Crippen molar-refractivity contribution in [2.75, 3.05) is 6.54 Å². The smallest absolute Gasteiger partial charge is 0.239 e. The van der Waals surface area contributed by atoms with Crippen molar-refractivity contribution in [1.29, 1.82) is 0 Å². The van der Waals surface area contributed by atoms with Gasteiger partial charge < -0.3 is 10.6 Å². The maximum Gasteiger partial charge on any atom is 0.239 e. The van der Waals surface area contributed by atoms with E-state index in [-0.39, 0.29) is 24.4 Å². The first-order valence-electron chi connectivity index (χ1n) is 6.60. The highest BCUT2D eigenvalue weighted by Gasteiger charge is 2.21. The Morgan fingerprint density at radius 3 is 2.18 bits per heavy atom. The van der Waals surface area contributed by atoms with Crippen molar-refractivity contribution in [3.8, 4) is 0 Å². The molecule has 0 aliphatic heterocycles. The third-order valence-corrected chi connectivity index (χ3v) is 2.91. The number of halogens is 1. The van der Waals surface area contributed by atoms with Gasteiger partial charge >= 0.3 is 0 Å². The van der Waals surface area contributed by atoms with E-state index in [1.807, 2.05) is 4.90 Å². The number of unbranched alkanes of at least 4 members (excludes halogenated alkanes) is 2. The second-order valence-corrected chi connectivity index (χ2v) is 4.67. The summed E-state index contributed by atoms with van der Waals surface area (Å²) < 4.78 is 0. The largest absolute Gasteiger partial charge is 0.339 e. The van der Waals surface area contributed by atoms with E-state index < -0.39 is 0 Å². The number of nitrogens with zero attached hydrogens (tertiary/aromatic N) is 1. The van der Waals surface area contributed by atoms with Crippen LogP contribution in [0, 0.1) is 0 Å². The average Bonchev–Trinajstić information content (AvgIpc) is 2.23. The number of carbonyl (C=O) groups excluding carboxylic acids is 1. The van der Waals surface area contributed by atoms with Crippen molar-refractivity contribution >= 4 is 18.3 Å². The molecule has 0 fully saturated rings. The first-order valence-corrected chi connectivity index (χ1v) is 6.60. The Morgan fingerprint density at radius 1 is 1.18 bits per heavy atom. The van der Waals surface area contributed by atoms with Crippen molar-refractivity contribution in [2.45, 2.75) is 71.9 Å². The third kappa shape index (κ3) is 7.61. The average molecular weight is 265 g/mol. The minimum atomic E-state index is -0.374. The second kappa shape index (κ2) is 10.8. The lowest BCUT2D eigenvalue weighted by Gasteiger charge is -2.30. The summed E-state index contributed by atoms with van der Waals surface area (Å²) >= 11 is 0. The maximum absolute atomic E-state index is 12.0. The van der Waals surface area contributed by atoms with Gasteiger partial charge in [0, 0.05) is 12.6 Å². The van der Waals surface area contributed by atoms with Crippen LogP contribution in [0.15, 0.2) is 0 Å². The maximum atomic E-state index is 12.0. The van der Waals surface area contributed by atoms with Gasteiger partial charge in [-0.25, -0.2) is 0 Å². The normalized spacial score (nSPS) is 13.7. The van der Waals surface area contributed by atoms with Gasteiger partial charge in [0.1, 0.15) is 0 Å². The van der Waals surface area contributed by atoms with E-state index in [1.54, 1.807) is 6.92 Å². The molecule has 1 amide bonds. The SMILES string of the molecule is CCCCCN(C(=O)[C@H](C)N)C(C)CCC.Cl. The van der Waals surface area contributed by atoms with Crippen molar-refractivity contribution in [1.82, 2.24) is 4.90 Å². The van der Waals surface area contributed by atoms with Crippen LogP contribution >= 0.6 is 12.4 Å². The Kier molecular flexibility index (Phi) is 12.2. The van der Waals surface area contributed by atoms with Crippen molar-refractivity contribution < 1.29 is 4.79 Å². The lowest BCUT2D eigenvalue weighted by Crippen LogP contribution is -2.47. The lowest BCUT2D eigenvalue weighted by molar-refractivity contribution is -0.134. The van der Waals surface area contributed by atoms with Gasteiger partial charge in [0.15, 0.2) is 0 Å². The molecule has 2 N–H and O–H groups in total. The Bertz CT molecular complexity index is 198. The van der Waals surface area contributed by atoms with Crippen LogP contribution in [0.3, 0.4) is 0 Å². The molecule has 104 valence electrons. The van der Waals surface area contributed by atoms with Gasteiger partial charge in [-0.05, 0) is 26.7 Å². The number of hydrogen-bond donors (Lipinski definition) is 1. The van der Waals surface area contributed by atoms with E-state index >= 15 is 0 Å². The molecule has 0 heterocycles. The van der Waals surface area contributed by atoms with E-state index in [1.165, 1.54) is 12.8 Å². The van der Waals surface area contributed by atoms with E-state index in [2.05, 4.69) is 20.8 Å². The molecular formula is C13H29ClN2O. The van der Waals surface area contributed by atoms with Gasteiger partial charge in [-0.3, -0.25) is 4.79 Å². The van der Waals surface area contributed by atoms with Crippen LogP contribution in [-0.2, 0) is 4.79 Å². The summed E-state index contributed by atoms with van der Waals surface area (Å²) in [6.45, 7) is 9.07. The highest BCUT2D eigenvalue weighted by Crippen LogP contribution is 2.10. The van der Waals surface area contributed by atoms with Crippen molar-refractivity contribution in [3.63, 3.8) is 0 Å². The Hall–Kier alpha value is -0.280. The van der Waals surface area contributed by atoms with Crippen LogP contribution in [0.4, 0.5) is 0 Å². The molecule has 3 nitrogen and oxygen atoms in total. The fraction of sp³-hybridized carbons (Fsp3) is 0.923. The zero-order valence-electron chi connectivity index (χ0n) is 11.7. The molecular weight excluding hydrogens is 236 g/mol. The monoisotopic (exact) mass is 264 g/mol. The minimum Gasteiger partial charge on any atom is -0.339 e. The van der Waals surface area contributed by atoms with Crippen LogP contribution in [0.1, 0.15) is 59.8 Å². The predicted octanol–water partition coefficient (Wildman–Crippen LogP) is 2.96. The molecule has 0 aliphatic carbocycles. The van der Waals surface area contributed by atoms with E-state index in [9.17, 15) is 4.79 Å². The number of hydrogen-bond acceptors (Lipinski definition) is 2. The molecule has 4 heteroatoms. The van der Waals surface area contributed by atoms with Crippen LogP contribution in [0.25, 0.3) is 0 Å². The number of carbonyl (C=O) groups is 1. The molecule has 17 heavy (non-hydrogen) atoms. The van der Waals surface area contributed by atoms with E-state index in [0.29, 0.717) is 6.04 Å². The Balaban J connectivity index is 0. The molecule has 0 saturated carbocycles. The molecule has 0 aromatic heterocycles. The van der Waals surface area contributed by atoms with E-state index in [4.69, 9.17) is 5.73 Å². The molecule has 0 radical (unpaired) electrons. The number of nitrogens with two attached hydrogens (primary N) is 1. The van der Waals surface area contributed by atoms with Crippen molar-refractivity contribution in [2.24, 2.45) is 5.73 Å². The fourth-order valence-electron chi connectivity index (χ4n) is 1.92. The Morgan fingerprint density at radius 2 is 1.76 bits per heavy atom. The summed E-state index contributed by atoms with van der Waals surface area (Å²) in [4.78, 5) is 13.9. The highest BCUT2D eigenvalue weighted by atomic mass is 35.5. The summed E-state index contributed by atoms with van der Waals surface area (Å²) in [5.74, 6) is 0.0945. The molecule has 0 rings (SSSR count). The molecule has 0 aromatic carbocycles. The molecule has 0 bridgehead atoms. The first-order chi connectivity index (χ1) is 7.54.